The Morgan fingerprint density at radius 2 is 2.12 bits per heavy atom. The minimum atomic E-state index is -2.37. The lowest BCUT2D eigenvalue weighted by Gasteiger charge is -2.25. The van der Waals surface area contributed by atoms with Crippen molar-refractivity contribution in [2.45, 2.75) is 32.2 Å². The molecular weight excluding hydrogens is 208 g/mol. The maximum Gasteiger partial charge on any atom is 0.263 e. The lowest BCUT2D eigenvalue weighted by Crippen LogP contribution is -2.26. The van der Waals surface area contributed by atoms with E-state index in [0.29, 0.717) is 6.54 Å². The van der Waals surface area contributed by atoms with E-state index in [4.69, 9.17) is 0 Å². The summed E-state index contributed by atoms with van der Waals surface area (Å²) in [5.41, 5.74) is 1.06. The molecule has 1 aliphatic carbocycles. The van der Waals surface area contributed by atoms with Crippen LogP contribution < -0.4 is 5.32 Å². The van der Waals surface area contributed by atoms with Gasteiger partial charge < -0.3 is 5.32 Å². The number of alkyl halides is 2. The highest BCUT2D eigenvalue weighted by molar-refractivity contribution is 5.24. The minimum absolute atomic E-state index is 0.114. The highest BCUT2D eigenvalue weighted by Gasteiger charge is 2.16. The van der Waals surface area contributed by atoms with Crippen LogP contribution >= 0.6 is 0 Å². The molecule has 2 rings (SSSR count). The average molecular weight is 225 g/mol. The number of benzene rings is 1. The van der Waals surface area contributed by atoms with Crippen LogP contribution in [0.1, 0.15) is 36.8 Å². The lowest BCUT2D eigenvalue weighted by atomic mass is 9.85. The number of nitrogens with one attached hydrogen (secondary N) is 1. The van der Waals surface area contributed by atoms with Crippen molar-refractivity contribution >= 4 is 0 Å². The van der Waals surface area contributed by atoms with Crippen molar-refractivity contribution < 1.29 is 8.78 Å². The van der Waals surface area contributed by atoms with E-state index in [1.807, 2.05) is 6.07 Å². The molecule has 3 heteroatoms. The van der Waals surface area contributed by atoms with E-state index in [2.05, 4.69) is 5.32 Å². The van der Waals surface area contributed by atoms with E-state index in [-0.39, 0.29) is 5.56 Å². The normalized spacial score (nSPS) is 16.4. The first kappa shape index (κ1) is 11.5. The van der Waals surface area contributed by atoms with Crippen LogP contribution in [0.4, 0.5) is 8.78 Å². The minimum Gasteiger partial charge on any atom is -0.312 e. The second kappa shape index (κ2) is 5.39. The molecule has 0 aliphatic heterocycles. The summed E-state index contributed by atoms with van der Waals surface area (Å²) in [5.74, 6) is 0.804. The number of rotatable bonds is 5. The first-order chi connectivity index (χ1) is 7.75. The fraction of sp³-hybridized carbons (Fsp3) is 0.538. The SMILES string of the molecule is FC(F)c1cccc(CNCC2CCC2)c1. The number of hydrogen-bond donors (Lipinski definition) is 1. The molecule has 16 heavy (non-hydrogen) atoms. The van der Waals surface area contributed by atoms with E-state index in [9.17, 15) is 8.78 Å². The van der Waals surface area contributed by atoms with E-state index in [1.165, 1.54) is 25.3 Å². The molecule has 0 saturated heterocycles. The summed E-state index contributed by atoms with van der Waals surface area (Å²) in [5, 5.41) is 3.32. The molecule has 1 fully saturated rings. The van der Waals surface area contributed by atoms with Gasteiger partial charge >= 0.3 is 0 Å². The second-order valence-corrected chi connectivity index (χ2v) is 4.47. The summed E-state index contributed by atoms with van der Waals surface area (Å²) in [4.78, 5) is 0. The molecular formula is C13H17F2N. The Labute approximate surface area is 94.9 Å². The maximum atomic E-state index is 12.4. The third-order valence-corrected chi connectivity index (χ3v) is 3.19. The van der Waals surface area contributed by atoms with E-state index in [0.717, 1.165) is 18.0 Å². The first-order valence-electron chi connectivity index (χ1n) is 5.83. The van der Waals surface area contributed by atoms with Crippen LogP contribution in [0.3, 0.4) is 0 Å². The maximum absolute atomic E-state index is 12.4. The Hall–Kier alpha value is -0.960. The van der Waals surface area contributed by atoms with Gasteiger partial charge in [0, 0.05) is 12.1 Å². The van der Waals surface area contributed by atoms with E-state index in [1.54, 1.807) is 12.1 Å². The van der Waals surface area contributed by atoms with Crippen molar-refractivity contribution in [2.75, 3.05) is 6.54 Å². The summed E-state index contributed by atoms with van der Waals surface area (Å²) in [7, 11) is 0. The zero-order valence-corrected chi connectivity index (χ0v) is 9.26. The molecule has 0 atom stereocenters. The Morgan fingerprint density at radius 1 is 1.31 bits per heavy atom. The molecule has 0 bridgehead atoms. The zero-order chi connectivity index (χ0) is 11.4. The van der Waals surface area contributed by atoms with Crippen LogP contribution in [0.2, 0.25) is 0 Å². The highest BCUT2D eigenvalue weighted by Crippen LogP contribution is 2.25. The Kier molecular flexibility index (Phi) is 3.88. The largest absolute Gasteiger partial charge is 0.312 e. The van der Waals surface area contributed by atoms with Crippen molar-refractivity contribution in [3.8, 4) is 0 Å². The van der Waals surface area contributed by atoms with Crippen molar-refractivity contribution in [2.24, 2.45) is 5.92 Å². The van der Waals surface area contributed by atoms with Gasteiger partial charge in [-0.2, -0.15) is 0 Å². The van der Waals surface area contributed by atoms with Gasteiger partial charge in [-0.25, -0.2) is 8.78 Å². The highest BCUT2D eigenvalue weighted by atomic mass is 19.3. The summed E-state index contributed by atoms with van der Waals surface area (Å²) < 4.78 is 24.9. The first-order valence-corrected chi connectivity index (χ1v) is 5.83. The van der Waals surface area contributed by atoms with E-state index >= 15 is 0 Å². The van der Waals surface area contributed by atoms with Gasteiger partial charge in [-0.3, -0.25) is 0 Å². The molecule has 1 nitrogen and oxygen atoms in total. The van der Waals surface area contributed by atoms with Crippen LogP contribution in [0, 0.1) is 5.92 Å². The Balaban J connectivity index is 1.81. The summed E-state index contributed by atoms with van der Waals surface area (Å²) in [6.45, 7) is 1.70. The smallest absolute Gasteiger partial charge is 0.263 e. The number of halogens is 2. The molecule has 0 heterocycles. The van der Waals surface area contributed by atoms with Gasteiger partial charge in [-0.1, -0.05) is 24.6 Å². The molecule has 1 saturated carbocycles. The van der Waals surface area contributed by atoms with Crippen LogP contribution in [0.5, 0.6) is 0 Å². The predicted octanol–water partition coefficient (Wildman–Crippen LogP) is 3.51. The topological polar surface area (TPSA) is 12.0 Å². The van der Waals surface area contributed by atoms with E-state index < -0.39 is 6.43 Å². The van der Waals surface area contributed by atoms with Gasteiger partial charge in [0.05, 0.1) is 0 Å². The molecule has 1 aromatic carbocycles. The molecule has 1 aromatic rings. The van der Waals surface area contributed by atoms with Crippen LogP contribution in [-0.4, -0.2) is 6.54 Å². The summed E-state index contributed by atoms with van der Waals surface area (Å²) >= 11 is 0. The number of hydrogen-bond acceptors (Lipinski definition) is 1. The lowest BCUT2D eigenvalue weighted by molar-refractivity contribution is 0.151. The van der Waals surface area contributed by atoms with Gasteiger partial charge in [-0.05, 0) is 36.9 Å². The monoisotopic (exact) mass is 225 g/mol. The molecule has 0 amide bonds. The predicted molar refractivity (Wildman–Crippen MR) is 60.4 cm³/mol. The molecule has 1 aliphatic rings. The average Bonchev–Trinajstić information content (AvgIpc) is 2.22. The van der Waals surface area contributed by atoms with Crippen molar-refractivity contribution in [3.63, 3.8) is 0 Å². The summed E-state index contributed by atoms with van der Waals surface area (Å²) in [6.07, 6.45) is 1.59. The molecule has 1 N–H and O–H groups in total. The molecule has 0 unspecified atom stereocenters. The van der Waals surface area contributed by atoms with Crippen LogP contribution in [0.25, 0.3) is 0 Å². The van der Waals surface area contributed by atoms with Gasteiger partial charge in [0.15, 0.2) is 0 Å². The quantitative estimate of drug-likeness (QED) is 0.808. The molecule has 0 aromatic heterocycles. The third-order valence-electron chi connectivity index (χ3n) is 3.19. The van der Waals surface area contributed by atoms with Gasteiger partial charge in [-0.15, -0.1) is 0 Å². The van der Waals surface area contributed by atoms with Crippen LogP contribution in [0.15, 0.2) is 24.3 Å². The van der Waals surface area contributed by atoms with Crippen molar-refractivity contribution in [1.29, 1.82) is 0 Å². The van der Waals surface area contributed by atoms with Gasteiger partial charge in [0.2, 0.25) is 0 Å². The fourth-order valence-corrected chi connectivity index (χ4v) is 1.96. The Morgan fingerprint density at radius 3 is 2.75 bits per heavy atom. The molecule has 0 spiro atoms. The second-order valence-electron chi connectivity index (χ2n) is 4.47. The van der Waals surface area contributed by atoms with Crippen molar-refractivity contribution in [1.82, 2.24) is 5.32 Å². The fourth-order valence-electron chi connectivity index (χ4n) is 1.96. The molecule has 88 valence electrons. The van der Waals surface area contributed by atoms with Crippen molar-refractivity contribution in [3.05, 3.63) is 35.4 Å². The van der Waals surface area contributed by atoms with Gasteiger partial charge in [0.1, 0.15) is 0 Å². The van der Waals surface area contributed by atoms with Gasteiger partial charge in [0.25, 0.3) is 6.43 Å². The standard InChI is InChI=1S/C13H17F2N/c14-13(15)12-6-2-5-11(7-12)9-16-8-10-3-1-4-10/h2,5-7,10,13,16H,1,3-4,8-9H2. The summed E-state index contributed by atoms with van der Waals surface area (Å²) in [6, 6.07) is 6.64. The third kappa shape index (κ3) is 3.01. The zero-order valence-electron chi connectivity index (χ0n) is 9.26. The molecule has 0 radical (unpaired) electrons. The Bertz CT molecular complexity index is 334. The van der Waals surface area contributed by atoms with Crippen LogP contribution in [-0.2, 0) is 6.54 Å².